The van der Waals surface area contributed by atoms with E-state index in [9.17, 15) is 0 Å². The Kier molecular flexibility index (Phi) is 62.6. The summed E-state index contributed by atoms with van der Waals surface area (Å²) in [7, 11) is 0. The molecule has 0 aliphatic carbocycles. The Morgan fingerprint density at radius 1 is 0.571 bits per heavy atom. The van der Waals surface area contributed by atoms with Gasteiger partial charge in [-0.1, -0.05) is 60.7 Å². The van der Waals surface area contributed by atoms with E-state index >= 15 is 0 Å². The van der Waals surface area contributed by atoms with Crippen molar-refractivity contribution in [1.29, 1.82) is 0 Å². The van der Waals surface area contributed by atoms with Crippen molar-refractivity contribution in [2.75, 3.05) is 0 Å². The third kappa shape index (κ3) is 27.4. The first kappa shape index (κ1) is 43.6. The molecule has 2 nitrogen and oxygen atoms in total. The molecule has 0 fully saturated rings. The van der Waals surface area contributed by atoms with Crippen LogP contribution in [0.15, 0.2) is 60.7 Å². The molecule has 0 heterocycles. The minimum atomic E-state index is 0. The molecule has 0 atom stereocenters. The van der Waals surface area contributed by atoms with Crippen LogP contribution in [-0.2, 0) is 127 Å². The van der Waals surface area contributed by atoms with Gasteiger partial charge in [0.1, 0.15) is 0 Å². The average Bonchev–Trinajstić information content (AvgIpc) is 2.21. The van der Waals surface area contributed by atoms with Crippen LogP contribution in [0.25, 0.3) is 11.5 Å². The molecule has 0 spiro atoms. The summed E-state index contributed by atoms with van der Waals surface area (Å²) in [6, 6.07) is 18.2. The van der Waals surface area contributed by atoms with Gasteiger partial charge < -0.3 is 26.3 Å². The number of rotatable bonds is 0. The fourth-order valence-corrected chi connectivity index (χ4v) is 0.876. The van der Waals surface area contributed by atoms with Crippen LogP contribution in [0.1, 0.15) is 0 Å². The monoisotopic (exact) mass is 973 g/mol. The average molecular weight is 972 g/mol. The molecule has 2 aromatic rings. The molecule has 7 heteroatoms. The summed E-state index contributed by atoms with van der Waals surface area (Å²) in [6.07, 6.45) is 0. The second kappa shape index (κ2) is 30.2. The zero-order valence-electron chi connectivity index (χ0n) is 11.9. The van der Waals surface area contributed by atoms with Gasteiger partial charge in [0, 0.05) is 85.5 Å². The van der Waals surface area contributed by atoms with Gasteiger partial charge in [-0.15, -0.1) is 11.4 Å². The molecule has 0 aliphatic heterocycles. The quantitative estimate of drug-likeness (QED) is 0.308. The second-order valence-corrected chi connectivity index (χ2v) is 2.73. The van der Waals surface area contributed by atoms with Crippen LogP contribution >= 0.6 is 0 Å². The molecule has 0 aliphatic rings. The number of hydrogen-bond donors (Lipinski definition) is 0. The van der Waals surface area contributed by atoms with Crippen LogP contribution in [0.2, 0.25) is 0 Å². The Bertz CT molecular complexity index is 330. The standard InChI is InChI=1S/2C6H6N.2CH3.2Ir.Pt.2Y/c2*7-6-4-2-1-3-5-6;;;;;;;/h2*1-5,7H;2*1H3;;;;;/q4*-1;;+3;+2;;. The van der Waals surface area contributed by atoms with Gasteiger partial charge in [-0.3, -0.25) is 0 Å². The smallest absolute Gasteiger partial charge is 0.699 e. The maximum Gasteiger partial charge on any atom is 3.00 e. The maximum absolute atomic E-state index is 7.00. The SMILES string of the molecule is [CH3-].[CH3-].[Ir+3].[Ir].[NH-]c1ccccc1.[NH-]c1ccccc1.[Pt+2].[Y].[Y]. The Labute approximate surface area is 221 Å². The van der Waals surface area contributed by atoms with E-state index in [1.807, 2.05) is 36.4 Å². The normalized spacial score (nSPS) is 5.71. The molecular weight excluding hydrogens is 953 g/mol. The van der Waals surface area contributed by atoms with Gasteiger partial charge in [-0.05, 0) is 0 Å². The van der Waals surface area contributed by atoms with E-state index in [-0.39, 0.29) is 142 Å². The van der Waals surface area contributed by atoms with Crippen LogP contribution in [0.5, 0.6) is 0 Å². The van der Waals surface area contributed by atoms with Crippen molar-refractivity contribution in [1.82, 2.24) is 0 Å². The summed E-state index contributed by atoms with van der Waals surface area (Å²) in [6.45, 7) is 0. The van der Waals surface area contributed by atoms with Gasteiger partial charge in [-0.25, -0.2) is 0 Å². The molecule has 0 saturated heterocycles. The predicted molar refractivity (Wildman–Crippen MR) is 73.7 cm³/mol. The Balaban J connectivity index is -0.0000000280. The zero-order chi connectivity index (χ0) is 10.2. The topological polar surface area (TPSA) is 47.6 Å². The van der Waals surface area contributed by atoms with Crippen molar-refractivity contribution >= 4 is 11.4 Å². The van der Waals surface area contributed by atoms with Crippen molar-refractivity contribution in [3.05, 3.63) is 87.0 Å². The molecule has 117 valence electrons. The number of hydrogen-bond acceptors (Lipinski definition) is 0. The van der Waals surface area contributed by atoms with Gasteiger partial charge in [0.25, 0.3) is 0 Å². The molecule has 21 heavy (non-hydrogen) atoms. The Morgan fingerprint density at radius 2 is 0.762 bits per heavy atom. The summed E-state index contributed by atoms with van der Waals surface area (Å²) in [5.41, 5.74) is 15.1. The van der Waals surface area contributed by atoms with Crippen LogP contribution in [-0.4, -0.2) is 0 Å². The fourth-order valence-electron chi connectivity index (χ4n) is 0.876. The van der Waals surface area contributed by atoms with Gasteiger partial charge in [0.05, 0.1) is 0 Å². The first-order valence-corrected chi connectivity index (χ1v) is 4.32. The summed E-state index contributed by atoms with van der Waals surface area (Å²) in [4.78, 5) is 0. The van der Waals surface area contributed by atoms with E-state index in [2.05, 4.69) is 0 Å². The second-order valence-electron chi connectivity index (χ2n) is 2.73. The minimum Gasteiger partial charge on any atom is -0.699 e. The van der Waals surface area contributed by atoms with Gasteiger partial charge in [0.2, 0.25) is 0 Å². The Hall–Kier alpha value is 2.23. The zero-order valence-corrected chi connectivity index (χ0v) is 24.7. The fraction of sp³-hybridized carbons (Fsp3) is 0. The molecule has 0 bridgehead atoms. The third-order valence-electron chi connectivity index (χ3n) is 1.55. The molecule has 0 amide bonds. The Morgan fingerprint density at radius 3 is 0.857 bits per heavy atom. The first-order chi connectivity index (χ1) is 6.79. The molecule has 0 aromatic heterocycles. The predicted octanol–water partition coefficient (Wildman–Crippen LogP) is 5.63. The third-order valence-corrected chi connectivity index (χ3v) is 1.55. The van der Waals surface area contributed by atoms with E-state index in [1.54, 1.807) is 24.3 Å². The van der Waals surface area contributed by atoms with Crippen molar-refractivity contribution in [3.8, 4) is 0 Å². The summed E-state index contributed by atoms with van der Waals surface area (Å²) < 4.78 is 0. The van der Waals surface area contributed by atoms with E-state index in [0.717, 1.165) is 0 Å². The van der Waals surface area contributed by atoms with Crippen molar-refractivity contribution in [2.24, 2.45) is 0 Å². The van der Waals surface area contributed by atoms with E-state index in [0.29, 0.717) is 11.4 Å². The van der Waals surface area contributed by atoms with Gasteiger partial charge >= 0.3 is 41.2 Å². The first-order valence-electron chi connectivity index (χ1n) is 4.32. The van der Waals surface area contributed by atoms with Crippen molar-refractivity contribution in [3.63, 3.8) is 0 Å². The van der Waals surface area contributed by atoms with Crippen LogP contribution in [0.3, 0.4) is 0 Å². The van der Waals surface area contributed by atoms with E-state index in [1.165, 1.54) is 0 Å². The van der Waals surface area contributed by atoms with Gasteiger partial charge in [-0.2, -0.15) is 0 Å². The molecule has 0 unspecified atom stereocenters. The molecule has 3 radical (unpaired) electrons. The molecule has 0 saturated carbocycles. The number of nitrogens with one attached hydrogen (secondary N) is 2. The summed E-state index contributed by atoms with van der Waals surface area (Å²) in [5.74, 6) is 0. The summed E-state index contributed by atoms with van der Waals surface area (Å²) in [5, 5.41) is 0. The van der Waals surface area contributed by atoms with E-state index in [4.69, 9.17) is 11.5 Å². The van der Waals surface area contributed by atoms with E-state index < -0.39 is 0 Å². The van der Waals surface area contributed by atoms with Crippen molar-refractivity contribution in [2.45, 2.75) is 0 Å². The maximum atomic E-state index is 7.00. The molecule has 2 aromatic carbocycles. The van der Waals surface area contributed by atoms with Gasteiger partial charge in [0.15, 0.2) is 0 Å². The molecular formula is C14H18Ir2N2PtY2+. The van der Waals surface area contributed by atoms with Crippen LogP contribution < -0.4 is 0 Å². The summed E-state index contributed by atoms with van der Waals surface area (Å²) >= 11 is 0. The largest absolute Gasteiger partial charge is 3.00 e. The molecule has 2 N–H and O–H groups in total. The minimum absolute atomic E-state index is 0. The van der Waals surface area contributed by atoms with Crippen LogP contribution in [0, 0.1) is 14.9 Å². The van der Waals surface area contributed by atoms with Crippen LogP contribution in [0.4, 0.5) is 11.4 Å². The molecule has 2 rings (SSSR count). The van der Waals surface area contributed by atoms with Crippen molar-refractivity contribution < 1.29 is 127 Å². The number of benzene rings is 2.